The van der Waals surface area contributed by atoms with E-state index < -0.39 is 29.2 Å². The number of amidine groups is 1. The van der Waals surface area contributed by atoms with Crippen LogP contribution in [0.2, 0.25) is 0 Å². The Morgan fingerprint density at radius 3 is 2.29 bits per heavy atom. The number of aromatic amines is 1. The molecule has 0 amide bonds. The van der Waals surface area contributed by atoms with Crippen LogP contribution in [-0.4, -0.2) is 40.4 Å². The summed E-state index contributed by atoms with van der Waals surface area (Å²) in [5.74, 6) is -1.20. The number of hydrogen-bond donors (Lipinski definition) is 2. The Morgan fingerprint density at radius 1 is 1.19 bits per heavy atom. The highest BCUT2D eigenvalue weighted by Crippen LogP contribution is 2.29. The number of carbonyl (C=O) groups excluding carboxylic acids is 2. The number of ether oxygens (including phenoxy) is 1. The monoisotopic (exact) mass is 438 g/mol. The number of methoxy groups -OCH3 is 1. The predicted octanol–water partition coefficient (Wildman–Crippen LogP) is 4.73. The van der Waals surface area contributed by atoms with E-state index in [0.717, 1.165) is 24.3 Å². The van der Waals surface area contributed by atoms with Crippen LogP contribution in [0.5, 0.6) is 0 Å². The molecule has 0 fully saturated rings. The SMILES string of the molecule is CCC(C(=O)c1ccc(C(F)(F)F)cc1)C(=NC(C)(C)C)Nc1cc(C(=O)OC)[nH]n1. The number of hydrogen-bond acceptors (Lipinski definition) is 5. The fourth-order valence-electron chi connectivity index (χ4n) is 2.81. The minimum Gasteiger partial charge on any atom is -0.464 e. The molecule has 0 aliphatic heterocycles. The molecular weight excluding hydrogens is 413 g/mol. The number of rotatable bonds is 6. The molecule has 0 saturated carbocycles. The molecule has 2 N–H and O–H groups in total. The van der Waals surface area contributed by atoms with Crippen LogP contribution in [0.3, 0.4) is 0 Å². The maximum Gasteiger partial charge on any atom is 0.416 e. The van der Waals surface area contributed by atoms with Gasteiger partial charge < -0.3 is 10.1 Å². The molecule has 2 rings (SSSR count). The maximum atomic E-state index is 13.1. The first-order valence-electron chi connectivity index (χ1n) is 9.57. The van der Waals surface area contributed by atoms with Gasteiger partial charge in [-0.25, -0.2) is 4.79 Å². The number of ketones is 1. The summed E-state index contributed by atoms with van der Waals surface area (Å²) in [5.41, 5.74) is -1.13. The highest BCUT2D eigenvalue weighted by molar-refractivity contribution is 6.15. The number of benzene rings is 1. The van der Waals surface area contributed by atoms with E-state index in [9.17, 15) is 22.8 Å². The average Bonchev–Trinajstić information content (AvgIpc) is 3.14. The number of aromatic nitrogens is 2. The Balaban J connectivity index is 2.37. The van der Waals surface area contributed by atoms with Crippen molar-refractivity contribution in [2.45, 2.75) is 45.8 Å². The van der Waals surface area contributed by atoms with Crippen molar-refractivity contribution in [1.82, 2.24) is 10.2 Å². The quantitative estimate of drug-likeness (QED) is 0.294. The van der Waals surface area contributed by atoms with Gasteiger partial charge in [-0.05, 0) is 39.3 Å². The van der Waals surface area contributed by atoms with Crippen molar-refractivity contribution in [3.8, 4) is 0 Å². The second-order valence-corrected chi connectivity index (χ2v) is 7.85. The van der Waals surface area contributed by atoms with Crippen molar-refractivity contribution in [2.75, 3.05) is 12.4 Å². The van der Waals surface area contributed by atoms with Gasteiger partial charge >= 0.3 is 12.1 Å². The second-order valence-electron chi connectivity index (χ2n) is 7.85. The predicted molar refractivity (Wildman–Crippen MR) is 110 cm³/mol. The number of esters is 1. The van der Waals surface area contributed by atoms with E-state index in [1.807, 2.05) is 20.8 Å². The van der Waals surface area contributed by atoms with Gasteiger partial charge in [0.05, 0.1) is 24.1 Å². The van der Waals surface area contributed by atoms with Crippen LogP contribution in [-0.2, 0) is 10.9 Å². The van der Waals surface area contributed by atoms with E-state index in [4.69, 9.17) is 0 Å². The van der Waals surface area contributed by atoms with Crippen molar-refractivity contribution in [3.63, 3.8) is 0 Å². The first-order valence-corrected chi connectivity index (χ1v) is 9.57. The summed E-state index contributed by atoms with van der Waals surface area (Å²) in [6.07, 6.45) is -4.14. The number of H-pyrrole nitrogens is 1. The highest BCUT2D eigenvalue weighted by Gasteiger charge is 2.31. The summed E-state index contributed by atoms with van der Waals surface area (Å²) in [5, 5.41) is 9.49. The zero-order valence-corrected chi connectivity index (χ0v) is 17.9. The highest BCUT2D eigenvalue weighted by atomic mass is 19.4. The lowest BCUT2D eigenvalue weighted by Crippen LogP contribution is -2.32. The average molecular weight is 438 g/mol. The van der Waals surface area contributed by atoms with Crippen LogP contribution in [0.4, 0.5) is 19.0 Å². The summed E-state index contributed by atoms with van der Waals surface area (Å²) in [6.45, 7) is 7.30. The van der Waals surface area contributed by atoms with Crippen LogP contribution < -0.4 is 5.32 Å². The van der Waals surface area contributed by atoms with E-state index in [1.54, 1.807) is 6.92 Å². The summed E-state index contributed by atoms with van der Waals surface area (Å²) in [6, 6.07) is 5.49. The Bertz CT molecular complexity index is 957. The molecule has 168 valence electrons. The van der Waals surface area contributed by atoms with E-state index in [2.05, 4.69) is 25.2 Å². The fourth-order valence-corrected chi connectivity index (χ4v) is 2.81. The van der Waals surface area contributed by atoms with Crippen LogP contribution >= 0.6 is 0 Å². The molecule has 7 nitrogen and oxygen atoms in total. The molecule has 1 aromatic carbocycles. The number of anilines is 1. The van der Waals surface area contributed by atoms with Gasteiger partial charge in [-0.2, -0.15) is 18.3 Å². The molecule has 2 aromatic rings. The topological polar surface area (TPSA) is 96.4 Å². The lowest BCUT2D eigenvalue weighted by Gasteiger charge is -2.22. The van der Waals surface area contributed by atoms with E-state index >= 15 is 0 Å². The third kappa shape index (κ3) is 6.40. The van der Waals surface area contributed by atoms with E-state index in [-0.39, 0.29) is 22.9 Å². The van der Waals surface area contributed by atoms with Crippen LogP contribution in [0.25, 0.3) is 0 Å². The molecule has 1 heterocycles. The fraction of sp³-hybridized carbons (Fsp3) is 0.429. The van der Waals surface area contributed by atoms with Crippen molar-refractivity contribution in [1.29, 1.82) is 0 Å². The number of aliphatic imine (C=N–C) groups is 1. The molecule has 0 bridgehead atoms. The number of alkyl halides is 3. The lowest BCUT2D eigenvalue weighted by atomic mass is 9.92. The Hall–Kier alpha value is -3.17. The van der Waals surface area contributed by atoms with Gasteiger partial charge in [0.2, 0.25) is 0 Å². The molecule has 0 aliphatic rings. The normalized spacial score (nSPS) is 13.6. The Labute approximate surface area is 178 Å². The van der Waals surface area contributed by atoms with Gasteiger partial charge in [-0.3, -0.25) is 14.9 Å². The molecular formula is C21H25F3N4O3. The number of nitrogens with zero attached hydrogens (tertiary/aromatic N) is 2. The molecule has 0 radical (unpaired) electrons. The maximum absolute atomic E-state index is 13.1. The number of Topliss-reactive ketones (excluding diaryl/α,β-unsaturated/α-hetero) is 1. The molecule has 0 spiro atoms. The lowest BCUT2D eigenvalue weighted by molar-refractivity contribution is -0.137. The van der Waals surface area contributed by atoms with Crippen molar-refractivity contribution >= 4 is 23.4 Å². The van der Waals surface area contributed by atoms with Crippen molar-refractivity contribution in [3.05, 3.63) is 47.2 Å². The molecule has 31 heavy (non-hydrogen) atoms. The molecule has 10 heteroatoms. The molecule has 0 saturated heterocycles. The number of halogens is 3. The van der Waals surface area contributed by atoms with Crippen LogP contribution in [0, 0.1) is 5.92 Å². The largest absolute Gasteiger partial charge is 0.464 e. The smallest absolute Gasteiger partial charge is 0.416 e. The summed E-state index contributed by atoms with van der Waals surface area (Å²) < 4.78 is 43.1. The van der Waals surface area contributed by atoms with Gasteiger partial charge in [0.25, 0.3) is 0 Å². The molecule has 0 aliphatic carbocycles. The summed E-state index contributed by atoms with van der Waals surface area (Å²) in [7, 11) is 1.23. The van der Waals surface area contributed by atoms with Crippen LogP contribution in [0.1, 0.15) is 60.5 Å². The third-order valence-corrected chi connectivity index (χ3v) is 4.25. The minimum absolute atomic E-state index is 0.113. The first-order chi connectivity index (χ1) is 14.4. The zero-order valence-electron chi connectivity index (χ0n) is 17.9. The Morgan fingerprint density at radius 2 is 1.81 bits per heavy atom. The van der Waals surface area contributed by atoms with Crippen LogP contribution in [0.15, 0.2) is 35.3 Å². The molecule has 1 atom stereocenters. The Kier molecular flexibility index (Phi) is 7.24. The van der Waals surface area contributed by atoms with E-state index in [1.165, 1.54) is 13.2 Å². The van der Waals surface area contributed by atoms with Gasteiger partial charge in [0, 0.05) is 11.6 Å². The summed E-state index contributed by atoms with van der Waals surface area (Å²) in [4.78, 5) is 29.3. The van der Waals surface area contributed by atoms with E-state index in [0.29, 0.717) is 12.3 Å². The first kappa shape index (κ1) is 24.1. The van der Waals surface area contributed by atoms with Gasteiger partial charge in [-0.1, -0.05) is 19.1 Å². The summed E-state index contributed by atoms with van der Waals surface area (Å²) >= 11 is 0. The third-order valence-electron chi connectivity index (χ3n) is 4.25. The van der Waals surface area contributed by atoms with Gasteiger partial charge in [-0.15, -0.1) is 0 Å². The number of nitrogens with one attached hydrogen (secondary N) is 2. The standard InChI is InChI=1S/C21H25F3N4O3/c1-6-14(17(29)12-7-9-13(10-8-12)21(22,23)24)18(26-20(2,3)4)25-16-11-15(27-28-16)19(30)31-5/h7-11,14H,6H2,1-5H3,(H2,25,26,27,28). The molecule has 1 unspecified atom stereocenters. The minimum atomic E-state index is -4.48. The van der Waals surface area contributed by atoms with Gasteiger partial charge in [0.15, 0.2) is 11.6 Å². The number of carbonyl (C=O) groups is 2. The molecule has 1 aromatic heterocycles. The van der Waals surface area contributed by atoms with Gasteiger partial charge in [0.1, 0.15) is 11.5 Å². The van der Waals surface area contributed by atoms with Crippen molar-refractivity contribution < 1.29 is 27.5 Å². The second kappa shape index (κ2) is 9.32. The van der Waals surface area contributed by atoms with Crippen molar-refractivity contribution in [2.24, 2.45) is 10.9 Å². The zero-order chi connectivity index (χ0) is 23.4.